The van der Waals surface area contributed by atoms with E-state index in [-0.39, 0.29) is 0 Å². The Hall–Kier alpha value is -1.27. The zero-order chi connectivity index (χ0) is 10.6. The molecule has 0 spiro atoms. The first-order chi connectivity index (χ1) is 6.70. The van der Waals surface area contributed by atoms with E-state index in [1.54, 1.807) is 12.3 Å². The van der Waals surface area contributed by atoms with Crippen molar-refractivity contribution in [2.75, 3.05) is 18.5 Å². The third-order valence-electron chi connectivity index (χ3n) is 1.91. The highest BCUT2D eigenvalue weighted by molar-refractivity contribution is 6.34. The fourth-order valence-corrected chi connectivity index (χ4v) is 1.52. The van der Waals surface area contributed by atoms with Crippen LogP contribution in [-0.4, -0.2) is 18.6 Å². The van der Waals surface area contributed by atoms with Gasteiger partial charge in [-0.15, -0.1) is 0 Å². The maximum atomic E-state index is 8.77. The molecule has 1 aromatic rings. The summed E-state index contributed by atoms with van der Waals surface area (Å²) in [5.74, 6) is 0.674. The predicted octanol–water partition coefficient (Wildman–Crippen LogP) is 2.45. The second-order valence-corrected chi connectivity index (χ2v) is 3.41. The maximum absolute atomic E-state index is 8.77. The number of halogens is 1. The Kier molecular flexibility index (Phi) is 3.73. The molecule has 0 bridgehead atoms. The van der Waals surface area contributed by atoms with E-state index in [0.29, 0.717) is 16.4 Å². The summed E-state index contributed by atoms with van der Waals surface area (Å²) in [5, 5.41) is 9.21. The number of pyridine rings is 1. The second kappa shape index (κ2) is 4.83. The number of aromatic nitrogens is 1. The number of rotatable bonds is 3. The van der Waals surface area contributed by atoms with Crippen molar-refractivity contribution < 1.29 is 0 Å². The van der Waals surface area contributed by atoms with Crippen LogP contribution < -0.4 is 4.90 Å². The van der Waals surface area contributed by atoms with Gasteiger partial charge in [0.05, 0.1) is 5.56 Å². The van der Waals surface area contributed by atoms with Crippen LogP contribution in [-0.2, 0) is 0 Å². The third kappa shape index (κ3) is 2.15. The quantitative estimate of drug-likeness (QED) is 0.768. The molecule has 1 aromatic heterocycles. The standard InChI is InChI=1S/C10H12ClN3/c1-3-6-14(2)10-9(11)8(7-12)4-5-13-10/h4-5H,3,6H2,1-2H3. The van der Waals surface area contributed by atoms with Gasteiger partial charge in [-0.3, -0.25) is 0 Å². The molecule has 0 aromatic carbocycles. The molecule has 0 amide bonds. The van der Waals surface area contributed by atoms with Gasteiger partial charge in [-0.05, 0) is 12.5 Å². The van der Waals surface area contributed by atoms with Crippen LogP contribution in [0.4, 0.5) is 5.82 Å². The molecular formula is C10H12ClN3. The molecule has 0 saturated carbocycles. The second-order valence-electron chi connectivity index (χ2n) is 3.03. The molecule has 0 saturated heterocycles. The molecule has 0 atom stereocenters. The molecule has 0 N–H and O–H groups in total. The smallest absolute Gasteiger partial charge is 0.148 e. The van der Waals surface area contributed by atoms with E-state index in [9.17, 15) is 0 Å². The number of anilines is 1. The van der Waals surface area contributed by atoms with E-state index < -0.39 is 0 Å². The van der Waals surface area contributed by atoms with Crippen LogP contribution in [0.15, 0.2) is 12.3 Å². The van der Waals surface area contributed by atoms with Crippen LogP contribution in [0.25, 0.3) is 0 Å². The minimum atomic E-state index is 0.436. The minimum Gasteiger partial charge on any atom is -0.358 e. The topological polar surface area (TPSA) is 39.9 Å². The summed E-state index contributed by atoms with van der Waals surface area (Å²) in [5.41, 5.74) is 0.472. The van der Waals surface area contributed by atoms with Crippen LogP contribution >= 0.6 is 11.6 Å². The Morgan fingerprint density at radius 1 is 1.64 bits per heavy atom. The molecular weight excluding hydrogens is 198 g/mol. The van der Waals surface area contributed by atoms with Crippen LogP contribution in [0.1, 0.15) is 18.9 Å². The lowest BCUT2D eigenvalue weighted by atomic mass is 10.2. The van der Waals surface area contributed by atoms with E-state index >= 15 is 0 Å². The summed E-state index contributed by atoms with van der Waals surface area (Å²) in [6.45, 7) is 2.96. The Morgan fingerprint density at radius 2 is 2.36 bits per heavy atom. The highest BCUT2D eigenvalue weighted by Crippen LogP contribution is 2.25. The van der Waals surface area contributed by atoms with Gasteiger partial charge < -0.3 is 4.90 Å². The van der Waals surface area contributed by atoms with Crippen molar-refractivity contribution in [2.24, 2.45) is 0 Å². The molecule has 0 aliphatic rings. The maximum Gasteiger partial charge on any atom is 0.148 e. The lowest BCUT2D eigenvalue weighted by Gasteiger charge is -2.18. The van der Waals surface area contributed by atoms with Gasteiger partial charge in [0, 0.05) is 19.8 Å². The molecule has 0 fully saturated rings. The van der Waals surface area contributed by atoms with Crippen LogP contribution in [0.5, 0.6) is 0 Å². The van der Waals surface area contributed by atoms with Crippen LogP contribution in [0.2, 0.25) is 5.02 Å². The van der Waals surface area contributed by atoms with E-state index in [2.05, 4.69) is 11.9 Å². The monoisotopic (exact) mass is 209 g/mol. The molecule has 3 nitrogen and oxygen atoms in total. The van der Waals surface area contributed by atoms with Gasteiger partial charge in [0.1, 0.15) is 16.9 Å². The van der Waals surface area contributed by atoms with E-state index in [0.717, 1.165) is 13.0 Å². The largest absolute Gasteiger partial charge is 0.358 e. The zero-order valence-electron chi connectivity index (χ0n) is 8.29. The lowest BCUT2D eigenvalue weighted by molar-refractivity contribution is 0.837. The van der Waals surface area contributed by atoms with E-state index in [4.69, 9.17) is 16.9 Å². The van der Waals surface area contributed by atoms with Gasteiger partial charge in [0.25, 0.3) is 0 Å². The van der Waals surface area contributed by atoms with Gasteiger partial charge in [0.2, 0.25) is 0 Å². The molecule has 0 radical (unpaired) electrons. The van der Waals surface area contributed by atoms with Crippen LogP contribution in [0.3, 0.4) is 0 Å². The first-order valence-electron chi connectivity index (χ1n) is 4.46. The number of nitrogens with zero attached hydrogens (tertiary/aromatic N) is 3. The Labute approximate surface area is 88.9 Å². The van der Waals surface area contributed by atoms with Crippen molar-refractivity contribution in [2.45, 2.75) is 13.3 Å². The molecule has 0 unspecified atom stereocenters. The number of hydrogen-bond acceptors (Lipinski definition) is 3. The van der Waals surface area contributed by atoms with Crippen LogP contribution in [0, 0.1) is 11.3 Å². The summed E-state index contributed by atoms with van der Waals surface area (Å²) < 4.78 is 0. The summed E-state index contributed by atoms with van der Waals surface area (Å²) in [6.07, 6.45) is 2.62. The summed E-state index contributed by atoms with van der Waals surface area (Å²) in [7, 11) is 1.92. The van der Waals surface area contributed by atoms with E-state index in [1.807, 2.05) is 18.0 Å². The number of nitriles is 1. The summed E-state index contributed by atoms with van der Waals surface area (Å²) >= 11 is 6.01. The summed E-state index contributed by atoms with van der Waals surface area (Å²) in [6, 6.07) is 3.65. The van der Waals surface area contributed by atoms with Crippen molar-refractivity contribution in [1.29, 1.82) is 5.26 Å². The third-order valence-corrected chi connectivity index (χ3v) is 2.28. The zero-order valence-corrected chi connectivity index (χ0v) is 9.04. The van der Waals surface area contributed by atoms with Gasteiger partial charge in [-0.2, -0.15) is 5.26 Å². The molecule has 14 heavy (non-hydrogen) atoms. The average Bonchev–Trinajstić information content (AvgIpc) is 2.18. The molecule has 1 heterocycles. The Bertz CT molecular complexity index is 357. The molecule has 4 heteroatoms. The van der Waals surface area contributed by atoms with E-state index in [1.165, 1.54) is 0 Å². The normalized spacial score (nSPS) is 9.57. The molecule has 74 valence electrons. The highest BCUT2D eigenvalue weighted by Gasteiger charge is 2.10. The fourth-order valence-electron chi connectivity index (χ4n) is 1.23. The first kappa shape index (κ1) is 10.8. The average molecular weight is 210 g/mol. The molecule has 1 rings (SSSR count). The van der Waals surface area contributed by atoms with Gasteiger partial charge in [-0.1, -0.05) is 18.5 Å². The lowest BCUT2D eigenvalue weighted by Crippen LogP contribution is -2.19. The summed E-state index contributed by atoms with van der Waals surface area (Å²) in [4.78, 5) is 6.10. The van der Waals surface area contributed by atoms with Gasteiger partial charge in [-0.25, -0.2) is 4.98 Å². The van der Waals surface area contributed by atoms with Gasteiger partial charge >= 0.3 is 0 Å². The Balaban J connectivity index is 3.04. The minimum absolute atomic E-state index is 0.436. The number of hydrogen-bond donors (Lipinski definition) is 0. The highest BCUT2D eigenvalue weighted by atomic mass is 35.5. The first-order valence-corrected chi connectivity index (χ1v) is 4.84. The fraction of sp³-hybridized carbons (Fsp3) is 0.400. The molecule has 0 aliphatic heterocycles. The van der Waals surface area contributed by atoms with Crippen molar-refractivity contribution in [3.05, 3.63) is 22.8 Å². The van der Waals surface area contributed by atoms with Gasteiger partial charge in [0.15, 0.2) is 0 Å². The van der Waals surface area contributed by atoms with Crippen molar-refractivity contribution in [3.8, 4) is 6.07 Å². The van der Waals surface area contributed by atoms with Crippen molar-refractivity contribution >= 4 is 17.4 Å². The SMILES string of the molecule is CCCN(C)c1nccc(C#N)c1Cl. The van der Waals surface area contributed by atoms with Crippen molar-refractivity contribution in [3.63, 3.8) is 0 Å². The van der Waals surface area contributed by atoms with Crippen molar-refractivity contribution in [1.82, 2.24) is 4.98 Å². The predicted molar refractivity (Wildman–Crippen MR) is 57.5 cm³/mol. The molecule has 0 aliphatic carbocycles. The Morgan fingerprint density at radius 3 is 2.93 bits per heavy atom.